The van der Waals surface area contributed by atoms with Gasteiger partial charge in [-0.1, -0.05) is 13.8 Å². The minimum atomic E-state index is -0.391. The molecule has 0 bridgehead atoms. The number of hydrogen-bond acceptors (Lipinski definition) is 5. The first kappa shape index (κ1) is 14.1. The lowest BCUT2D eigenvalue weighted by atomic mass is 10.1. The number of nitrogens with two attached hydrogens (primary N) is 1. The molecule has 0 aliphatic heterocycles. The van der Waals surface area contributed by atoms with Crippen molar-refractivity contribution in [1.82, 2.24) is 9.78 Å². The van der Waals surface area contributed by atoms with Crippen LogP contribution in [0.4, 0.5) is 5.69 Å². The minimum absolute atomic E-state index is 0.0522. The highest BCUT2D eigenvalue weighted by Crippen LogP contribution is 2.19. The van der Waals surface area contributed by atoms with Crippen molar-refractivity contribution in [2.45, 2.75) is 33.2 Å². The van der Waals surface area contributed by atoms with Crippen LogP contribution in [-0.2, 0) is 11.3 Å². The Balaban J connectivity index is 3.55. The van der Waals surface area contributed by atoms with Crippen molar-refractivity contribution in [3.8, 4) is 0 Å². The molecule has 1 heterocycles. The summed E-state index contributed by atoms with van der Waals surface area (Å²) in [6.07, 6.45) is 1.40. The Hall–Kier alpha value is -1.98. The molecule has 2 N–H and O–H groups in total. The van der Waals surface area contributed by atoms with Crippen LogP contribution < -0.4 is 11.3 Å². The maximum atomic E-state index is 12.1. The van der Waals surface area contributed by atoms with Crippen molar-refractivity contribution in [3.05, 3.63) is 21.6 Å². The number of Topliss-reactive ketones (excluding diaryl/α,β-unsaturated/α-hetero) is 1. The third-order valence-electron chi connectivity index (χ3n) is 2.44. The van der Waals surface area contributed by atoms with E-state index in [1.807, 2.05) is 13.8 Å². The predicted molar refractivity (Wildman–Crippen MR) is 71.2 cm³/mol. The van der Waals surface area contributed by atoms with Crippen molar-refractivity contribution in [2.24, 2.45) is 4.99 Å². The highest BCUT2D eigenvalue weighted by atomic mass is 16.1. The molecule has 1 aromatic heterocycles. The number of anilines is 1. The van der Waals surface area contributed by atoms with Gasteiger partial charge in [-0.15, -0.1) is 0 Å². The van der Waals surface area contributed by atoms with Crippen LogP contribution in [0.5, 0.6) is 0 Å². The SMILES string of the molecule is CN=Cc1c(N)c(C(C)C)nn(CC(C)=O)c1=O. The number of nitrogens with zero attached hydrogens (tertiary/aromatic N) is 3. The largest absolute Gasteiger partial charge is 0.396 e. The highest BCUT2D eigenvalue weighted by Gasteiger charge is 2.16. The number of aromatic nitrogens is 2. The molecule has 0 aliphatic carbocycles. The molecule has 98 valence electrons. The molecule has 0 spiro atoms. The lowest BCUT2D eigenvalue weighted by molar-refractivity contribution is -0.117. The summed E-state index contributed by atoms with van der Waals surface area (Å²) >= 11 is 0. The van der Waals surface area contributed by atoms with Crippen LogP contribution >= 0.6 is 0 Å². The fraction of sp³-hybridized carbons (Fsp3) is 0.500. The van der Waals surface area contributed by atoms with E-state index in [9.17, 15) is 9.59 Å². The molecule has 0 amide bonds. The van der Waals surface area contributed by atoms with Crippen LogP contribution in [0.25, 0.3) is 0 Å². The predicted octanol–water partition coefficient (Wildman–Crippen LogP) is 0.587. The van der Waals surface area contributed by atoms with Crippen LogP contribution in [-0.4, -0.2) is 28.8 Å². The third-order valence-corrected chi connectivity index (χ3v) is 2.44. The van der Waals surface area contributed by atoms with E-state index >= 15 is 0 Å². The van der Waals surface area contributed by atoms with Crippen LogP contribution in [0.2, 0.25) is 0 Å². The van der Waals surface area contributed by atoms with Gasteiger partial charge in [0, 0.05) is 13.3 Å². The molecule has 6 nitrogen and oxygen atoms in total. The van der Waals surface area contributed by atoms with Crippen molar-refractivity contribution in [1.29, 1.82) is 0 Å². The molecule has 0 aromatic carbocycles. The van der Waals surface area contributed by atoms with Gasteiger partial charge in [0.05, 0.1) is 16.9 Å². The Morgan fingerprint density at radius 3 is 2.61 bits per heavy atom. The van der Waals surface area contributed by atoms with Crippen molar-refractivity contribution < 1.29 is 4.79 Å². The van der Waals surface area contributed by atoms with Crippen molar-refractivity contribution in [3.63, 3.8) is 0 Å². The molecule has 0 radical (unpaired) electrons. The van der Waals surface area contributed by atoms with Crippen LogP contribution in [0, 0.1) is 0 Å². The van der Waals surface area contributed by atoms with E-state index in [0.717, 1.165) is 4.68 Å². The quantitative estimate of drug-likeness (QED) is 0.792. The zero-order valence-electron chi connectivity index (χ0n) is 11.1. The number of ketones is 1. The number of nitrogen functional groups attached to an aromatic ring is 1. The van der Waals surface area contributed by atoms with Gasteiger partial charge in [0.2, 0.25) is 0 Å². The number of aliphatic imine (C=N–C) groups is 1. The second kappa shape index (κ2) is 5.57. The number of hydrogen-bond donors (Lipinski definition) is 1. The first-order valence-electron chi connectivity index (χ1n) is 5.70. The zero-order valence-corrected chi connectivity index (χ0v) is 11.1. The van der Waals surface area contributed by atoms with Crippen molar-refractivity contribution in [2.75, 3.05) is 12.8 Å². The van der Waals surface area contributed by atoms with Gasteiger partial charge in [0.25, 0.3) is 5.56 Å². The van der Waals surface area contributed by atoms with Crippen LogP contribution in [0.1, 0.15) is 37.9 Å². The van der Waals surface area contributed by atoms with Crippen molar-refractivity contribution >= 4 is 17.7 Å². The van der Waals surface area contributed by atoms with Gasteiger partial charge in [-0.25, -0.2) is 4.68 Å². The zero-order chi connectivity index (χ0) is 13.9. The van der Waals surface area contributed by atoms with Gasteiger partial charge in [-0.3, -0.25) is 14.6 Å². The Labute approximate surface area is 106 Å². The monoisotopic (exact) mass is 250 g/mol. The highest BCUT2D eigenvalue weighted by molar-refractivity contribution is 5.87. The molecule has 0 fully saturated rings. The number of rotatable bonds is 4. The number of carbonyl (C=O) groups is 1. The molecule has 1 aromatic rings. The first-order chi connectivity index (χ1) is 8.38. The van der Waals surface area contributed by atoms with Gasteiger partial charge in [-0.05, 0) is 12.8 Å². The molecule has 0 atom stereocenters. The summed E-state index contributed by atoms with van der Waals surface area (Å²) in [7, 11) is 1.56. The molecular formula is C12H18N4O2. The molecule has 0 saturated heterocycles. The van der Waals surface area contributed by atoms with E-state index in [4.69, 9.17) is 5.73 Å². The molecule has 0 unspecified atom stereocenters. The second-order valence-electron chi connectivity index (χ2n) is 4.42. The van der Waals surface area contributed by atoms with E-state index in [0.29, 0.717) is 11.4 Å². The molecule has 1 rings (SSSR count). The standard InChI is InChI=1S/C12H18N4O2/c1-7(2)11-10(13)9(5-14-4)12(18)16(15-11)6-8(3)17/h5,7H,6,13H2,1-4H3. The Morgan fingerprint density at radius 2 is 2.17 bits per heavy atom. The lowest BCUT2D eigenvalue weighted by Gasteiger charge is -2.13. The second-order valence-corrected chi connectivity index (χ2v) is 4.42. The Bertz CT molecular complexity index is 544. The topological polar surface area (TPSA) is 90.3 Å². The first-order valence-corrected chi connectivity index (χ1v) is 5.70. The van der Waals surface area contributed by atoms with E-state index in [1.54, 1.807) is 7.05 Å². The fourth-order valence-corrected chi connectivity index (χ4v) is 1.62. The van der Waals surface area contributed by atoms with Gasteiger partial charge in [-0.2, -0.15) is 5.10 Å². The van der Waals surface area contributed by atoms with E-state index < -0.39 is 5.56 Å². The van der Waals surface area contributed by atoms with E-state index in [2.05, 4.69) is 10.1 Å². The summed E-state index contributed by atoms with van der Waals surface area (Å²) in [5.74, 6) is -0.0729. The summed E-state index contributed by atoms with van der Waals surface area (Å²) < 4.78 is 1.14. The molecule has 6 heteroatoms. The summed E-state index contributed by atoms with van der Waals surface area (Å²) in [6, 6.07) is 0. The number of carbonyl (C=O) groups excluding carboxylic acids is 1. The molecular weight excluding hydrogens is 232 g/mol. The fourth-order valence-electron chi connectivity index (χ4n) is 1.62. The van der Waals surface area contributed by atoms with E-state index in [1.165, 1.54) is 13.1 Å². The smallest absolute Gasteiger partial charge is 0.278 e. The molecule has 18 heavy (non-hydrogen) atoms. The summed E-state index contributed by atoms with van der Waals surface area (Å²) in [5, 5.41) is 4.15. The van der Waals surface area contributed by atoms with Gasteiger partial charge in [0.1, 0.15) is 6.54 Å². The molecule has 0 aliphatic rings. The van der Waals surface area contributed by atoms with E-state index in [-0.39, 0.29) is 23.8 Å². The van der Waals surface area contributed by atoms with Crippen LogP contribution in [0.15, 0.2) is 9.79 Å². The Kier molecular flexibility index (Phi) is 4.36. The third kappa shape index (κ3) is 2.82. The van der Waals surface area contributed by atoms with Gasteiger partial charge < -0.3 is 5.73 Å². The summed E-state index contributed by atoms with van der Waals surface area (Å²) in [4.78, 5) is 27.0. The maximum Gasteiger partial charge on any atom is 0.278 e. The summed E-state index contributed by atoms with van der Waals surface area (Å²) in [6.45, 7) is 5.21. The average molecular weight is 250 g/mol. The van der Waals surface area contributed by atoms with Gasteiger partial charge in [0.15, 0.2) is 5.78 Å². The lowest BCUT2D eigenvalue weighted by Crippen LogP contribution is -2.31. The van der Waals surface area contributed by atoms with Crippen LogP contribution in [0.3, 0.4) is 0 Å². The Morgan fingerprint density at radius 1 is 1.56 bits per heavy atom. The normalized spacial score (nSPS) is 11.4. The van der Waals surface area contributed by atoms with Gasteiger partial charge >= 0.3 is 0 Å². The maximum absolute atomic E-state index is 12.1. The average Bonchev–Trinajstić information content (AvgIpc) is 2.27. The minimum Gasteiger partial charge on any atom is -0.396 e. The molecule has 0 saturated carbocycles. The summed E-state index contributed by atoms with van der Waals surface area (Å²) in [5.41, 5.74) is 6.75.